The number of sulfonamides is 1. The number of halogens is 1. The molecule has 0 bridgehead atoms. The minimum atomic E-state index is -3.60. The highest BCUT2D eigenvalue weighted by Gasteiger charge is 2.27. The second kappa shape index (κ2) is 13.7. The third kappa shape index (κ3) is 8.64. The van der Waals surface area contributed by atoms with Gasteiger partial charge < -0.3 is 15.0 Å². The van der Waals surface area contributed by atoms with E-state index in [1.165, 1.54) is 9.21 Å². The second-order valence-electron chi connectivity index (χ2n) is 9.19. The van der Waals surface area contributed by atoms with Gasteiger partial charge in [-0.1, -0.05) is 36.7 Å². The van der Waals surface area contributed by atoms with E-state index in [0.717, 1.165) is 18.2 Å². The fourth-order valence-electron chi connectivity index (χ4n) is 3.82. The summed E-state index contributed by atoms with van der Waals surface area (Å²) in [4.78, 5) is 27.8. The van der Waals surface area contributed by atoms with Crippen molar-refractivity contribution in [1.29, 1.82) is 0 Å². The van der Waals surface area contributed by atoms with Crippen LogP contribution in [-0.2, 0) is 26.2 Å². The zero-order chi connectivity index (χ0) is 27.8. The number of hydrogen-bond donors (Lipinski definition) is 1. The van der Waals surface area contributed by atoms with Crippen LogP contribution in [0, 0.1) is 6.92 Å². The van der Waals surface area contributed by atoms with Crippen LogP contribution < -0.4 is 14.4 Å². The monoisotopic (exact) mass is 551 g/mol. The van der Waals surface area contributed by atoms with Crippen LogP contribution in [-0.4, -0.2) is 57.1 Å². The molecule has 2 unspecified atom stereocenters. The molecule has 2 rings (SSSR count). The summed E-state index contributed by atoms with van der Waals surface area (Å²) in [6, 6.07) is 11.7. The lowest BCUT2D eigenvalue weighted by Gasteiger charge is -2.30. The number of hydrogen-bond acceptors (Lipinski definition) is 5. The van der Waals surface area contributed by atoms with E-state index in [-0.39, 0.29) is 43.8 Å². The van der Waals surface area contributed by atoms with Gasteiger partial charge in [0, 0.05) is 30.6 Å². The molecule has 2 aromatic carbocycles. The predicted molar refractivity (Wildman–Crippen MR) is 149 cm³/mol. The van der Waals surface area contributed by atoms with Crippen molar-refractivity contribution in [3.05, 3.63) is 58.6 Å². The number of anilines is 1. The number of nitrogens with zero attached hydrogens (tertiary/aromatic N) is 2. The lowest BCUT2D eigenvalue weighted by atomic mass is 10.1. The molecular weight excluding hydrogens is 514 g/mol. The summed E-state index contributed by atoms with van der Waals surface area (Å²) in [5, 5.41) is 3.41. The first kappa shape index (κ1) is 30.4. The normalized spacial score (nSPS) is 12.9. The quantitative estimate of drug-likeness (QED) is 0.394. The molecule has 0 aliphatic carbocycles. The molecule has 0 radical (unpaired) electrons. The zero-order valence-corrected chi connectivity index (χ0v) is 24.0. The molecule has 2 atom stereocenters. The summed E-state index contributed by atoms with van der Waals surface area (Å²) >= 11 is 6.21. The highest BCUT2D eigenvalue weighted by molar-refractivity contribution is 7.92. The van der Waals surface area contributed by atoms with Crippen molar-refractivity contribution in [2.45, 2.75) is 65.6 Å². The van der Waals surface area contributed by atoms with Crippen LogP contribution in [0.25, 0.3) is 0 Å². The largest absolute Gasteiger partial charge is 0.497 e. The third-order valence-corrected chi connectivity index (χ3v) is 7.93. The Hall–Kier alpha value is -2.78. The molecule has 0 saturated heterocycles. The van der Waals surface area contributed by atoms with E-state index < -0.39 is 16.1 Å². The first-order valence-corrected chi connectivity index (χ1v) is 14.6. The van der Waals surface area contributed by atoms with Gasteiger partial charge in [0.05, 0.1) is 19.1 Å². The minimum absolute atomic E-state index is 0.0165. The number of amides is 2. The molecule has 0 saturated carbocycles. The summed E-state index contributed by atoms with van der Waals surface area (Å²) in [5.74, 6) is 0.226. The molecule has 1 N–H and O–H groups in total. The maximum atomic E-state index is 13.4. The molecule has 37 heavy (non-hydrogen) atoms. The van der Waals surface area contributed by atoms with E-state index in [2.05, 4.69) is 5.32 Å². The van der Waals surface area contributed by atoms with Gasteiger partial charge in [0.1, 0.15) is 11.8 Å². The van der Waals surface area contributed by atoms with Crippen molar-refractivity contribution in [2.24, 2.45) is 0 Å². The van der Waals surface area contributed by atoms with Crippen molar-refractivity contribution in [2.75, 3.05) is 24.2 Å². The van der Waals surface area contributed by atoms with E-state index in [1.807, 2.05) is 26.0 Å². The van der Waals surface area contributed by atoms with Gasteiger partial charge in [-0.25, -0.2) is 8.42 Å². The summed E-state index contributed by atoms with van der Waals surface area (Å²) < 4.78 is 31.6. The average molecular weight is 552 g/mol. The Bertz CT molecular complexity index is 1170. The molecule has 0 aliphatic heterocycles. The van der Waals surface area contributed by atoms with Gasteiger partial charge in [0.2, 0.25) is 21.8 Å². The third-order valence-electron chi connectivity index (χ3n) is 6.34. The summed E-state index contributed by atoms with van der Waals surface area (Å²) in [7, 11) is -2.02. The van der Waals surface area contributed by atoms with Crippen LogP contribution in [0.4, 0.5) is 5.69 Å². The number of carbonyl (C=O) groups is 2. The van der Waals surface area contributed by atoms with Crippen LogP contribution in [0.15, 0.2) is 42.5 Å². The van der Waals surface area contributed by atoms with E-state index in [1.54, 1.807) is 51.3 Å². The molecule has 0 spiro atoms. The van der Waals surface area contributed by atoms with Gasteiger partial charge in [0.15, 0.2) is 0 Å². The Balaban J connectivity index is 2.21. The summed E-state index contributed by atoms with van der Waals surface area (Å²) in [5.41, 5.74) is 1.99. The van der Waals surface area contributed by atoms with Crippen molar-refractivity contribution >= 4 is 39.1 Å². The Morgan fingerprint density at radius 2 is 1.76 bits per heavy atom. The Morgan fingerprint density at radius 3 is 2.32 bits per heavy atom. The first-order valence-electron chi connectivity index (χ1n) is 12.3. The van der Waals surface area contributed by atoms with Crippen LogP contribution in [0.3, 0.4) is 0 Å². The molecule has 2 aromatic rings. The van der Waals surface area contributed by atoms with Crippen LogP contribution >= 0.6 is 11.6 Å². The number of benzene rings is 2. The molecule has 0 fully saturated rings. The molecule has 204 valence electrons. The molecule has 8 nitrogen and oxygen atoms in total. The topological polar surface area (TPSA) is 96.0 Å². The second-order valence-corrected chi connectivity index (χ2v) is 11.5. The molecule has 2 amide bonds. The zero-order valence-electron chi connectivity index (χ0n) is 22.5. The lowest BCUT2D eigenvalue weighted by Crippen LogP contribution is -2.49. The Labute approximate surface area is 226 Å². The average Bonchev–Trinajstić information content (AvgIpc) is 2.86. The SMILES string of the molecule is CCC(C)NC(=O)C(C)N(Cc1ccc(OC)cc1)C(=O)CCCN(c1cccc(Cl)c1C)S(C)(=O)=O. The van der Waals surface area contributed by atoms with Crippen LogP contribution in [0.2, 0.25) is 5.02 Å². The van der Waals surface area contributed by atoms with E-state index in [9.17, 15) is 18.0 Å². The molecule has 0 aromatic heterocycles. The number of rotatable bonds is 13. The standard InChI is InChI=1S/C27H38ClN3O5S/c1-7-19(2)29-27(33)21(4)30(18-22-13-15-23(36-5)16-14-22)26(32)12-9-17-31(37(6,34)35)25-11-8-10-24(28)20(25)3/h8,10-11,13-16,19,21H,7,9,12,17-18H2,1-6H3,(H,29,33). The Morgan fingerprint density at radius 1 is 1.11 bits per heavy atom. The molecular formula is C27H38ClN3O5S. The van der Waals surface area contributed by atoms with Crippen LogP contribution in [0.5, 0.6) is 5.75 Å². The number of methoxy groups -OCH3 is 1. The van der Waals surface area contributed by atoms with Crippen molar-refractivity contribution < 1.29 is 22.7 Å². The fraction of sp³-hybridized carbons (Fsp3) is 0.481. The summed E-state index contributed by atoms with van der Waals surface area (Å²) in [6.45, 7) is 7.70. The van der Waals surface area contributed by atoms with Gasteiger partial charge in [-0.2, -0.15) is 0 Å². The smallest absolute Gasteiger partial charge is 0.242 e. The Kier molecular flexibility index (Phi) is 11.3. The molecule has 0 aliphatic rings. The van der Waals surface area contributed by atoms with E-state index in [0.29, 0.717) is 22.0 Å². The highest BCUT2D eigenvalue weighted by atomic mass is 35.5. The maximum absolute atomic E-state index is 13.4. The van der Waals surface area contributed by atoms with Crippen molar-refractivity contribution in [1.82, 2.24) is 10.2 Å². The number of carbonyl (C=O) groups excluding carboxylic acids is 2. The van der Waals surface area contributed by atoms with Gasteiger partial charge in [-0.15, -0.1) is 0 Å². The van der Waals surface area contributed by atoms with Gasteiger partial charge in [0.25, 0.3) is 0 Å². The summed E-state index contributed by atoms with van der Waals surface area (Å²) in [6.07, 6.45) is 2.25. The highest BCUT2D eigenvalue weighted by Crippen LogP contribution is 2.28. The number of nitrogens with one attached hydrogen (secondary N) is 1. The number of ether oxygens (including phenoxy) is 1. The van der Waals surface area contributed by atoms with Crippen molar-refractivity contribution in [3.63, 3.8) is 0 Å². The van der Waals surface area contributed by atoms with Gasteiger partial charge in [-0.3, -0.25) is 13.9 Å². The minimum Gasteiger partial charge on any atom is -0.497 e. The lowest BCUT2D eigenvalue weighted by molar-refractivity contribution is -0.140. The fourth-order valence-corrected chi connectivity index (χ4v) is 5.01. The van der Waals surface area contributed by atoms with E-state index >= 15 is 0 Å². The molecule has 10 heteroatoms. The molecule has 0 heterocycles. The predicted octanol–water partition coefficient (Wildman–Crippen LogP) is 4.54. The first-order chi connectivity index (χ1) is 17.4. The maximum Gasteiger partial charge on any atom is 0.242 e. The van der Waals surface area contributed by atoms with Crippen LogP contribution in [0.1, 0.15) is 51.2 Å². The van der Waals surface area contributed by atoms with Gasteiger partial charge >= 0.3 is 0 Å². The van der Waals surface area contributed by atoms with Gasteiger partial charge in [-0.05, 0) is 69.0 Å². The van der Waals surface area contributed by atoms with E-state index in [4.69, 9.17) is 16.3 Å². The van der Waals surface area contributed by atoms with Crippen molar-refractivity contribution in [3.8, 4) is 5.75 Å².